The van der Waals surface area contributed by atoms with E-state index < -0.39 is 5.56 Å². The van der Waals surface area contributed by atoms with Crippen molar-refractivity contribution in [3.63, 3.8) is 0 Å². The van der Waals surface area contributed by atoms with Crippen molar-refractivity contribution in [3.8, 4) is 28.5 Å². The third kappa shape index (κ3) is 2.39. The van der Waals surface area contributed by atoms with Gasteiger partial charge in [-0.15, -0.1) is 0 Å². The van der Waals surface area contributed by atoms with Gasteiger partial charge in [-0.25, -0.2) is 4.98 Å². The highest BCUT2D eigenvalue weighted by Crippen LogP contribution is 2.41. The molecule has 0 radical (unpaired) electrons. The van der Waals surface area contributed by atoms with Crippen LogP contribution in [0.25, 0.3) is 22.4 Å². The van der Waals surface area contributed by atoms with Crippen LogP contribution in [0.1, 0.15) is 16.7 Å². The van der Waals surface area contributed by atoms with Crippen molar-refractivity contribution in [2.24, 2.45) is 0 Å². The minimum absolute atomic E-state index is 0.117. The Labute approximate surface area is 148 Å². The average Bonchev–Trinajstić information content (AvgIpc) is 2.98. The normalized spacial score (nSPS) is 11.6. The van der Waals surface area contributed by atoms with Crippen LogP contribution in [0.15, 0.2) is 41.3 Å². The highest BCUT2D eigenvalue weighted by molar-refractivity contribution is 6.31. The molecule has 1 aromatic carbocycles. The summed E-state index contributed by atoms with van der Waals surface area (Å²) >= 11 is 6.12. The lowest BCUT2D eigenvalue weighted by Gasteiger charge is -2.11. The van der Waals surface area contributed by atoms with E-state index in [1.54, 1.807) is 13.2 Å². The van der Waals surface area contributed by atoms with Crippen molar-refractivity contribution < 1.29 is 0 Å². The van der Waals surface area contributed by atoms with Crippen LogP contribution in [0, 0.1) is 11.3 Å². The summed E-state index contributed by atoms with van der Waals surface area (Å²) in [5, 5.41) is 13.2. The molecule has 2 aromatic heterocycles. The maximum atomic E-state index is 12.5. The van der Waals surface area contributed by atoms with Gasteiger partial charge in [0.2, 0.25) is 0 Å². The zero-order chi connectivity index (χ0) is 17.6. The van der Waals surface area contributed by atoms with Gasteiger partial charge in [0, 0.05) is 35.8 Å². The number of hydrogen-bond acceptors (Lipinski definition) is 4. The summed E-state index contributed by atoms with van der Waals surface area (Å²) in [6.07, 6.45) is 2.30. The molecule has 4 rings (SSSR count). The Morgan fingerprint density at radius 1 is 1.32 bits per heavy atom. The number of pyridine rings is 2. The number of fused-ring (bicyclic) bond motifs is 3. The van der Waals surface area contributed by atoms with Crippen molar-refractivity contribution in [2.75, 3.05) is 12.4 Å². The lowest BCUT2D eigenvalue weighted by Crippen LogP contribution is -2.14. The van der Waals surface area contributed by atoms with Gasteiger partial charge in [0.1, 0.15) is 17.5 Å². The molecule has 3 aromatic rings. The van der Waals surface area contributed by atoms with Gasteiger partial charge >= 0.3 is 0 Å². The fraction of sp³-hybridized carbons (Fsp3) is 0.105. The van der Waals surface area contributed by atoms with E-state index in [1.165, 1.54) is 0 Å². The molecule has 1 aliphatic rings. The van der Waals surface area contributed by atoms with Gasteiger partial charge < -0.3 is 10.3 Å². The second-order valence-corrected chi connectivity index (χ2v) is 6.26. The third-order valence-corrected chi connectivity index (χ3v) is 4.68. The van der Waals surface area contributed by atoms with Gasteiger partial charge in [-0.05, 0) is 41.0 Å². The predicted molar refractivity (Wildman–Crippen MR) is 97.8 cm³/mol. The lowest BCUT2D eigenvalue weighted by atomic mass is 9.95. The number of anilines is 1. The molecule has 0 saturated heterocycles. The quantitative estimate of drug-likeness (QED) is 0.580. The van der Waals surface area contributed by atoms with E-state index in [1.807, 2.05) is 30.3 Å². The van der Waals surface area contributed by atoms with E-state index in [0.29, 0.717) is 22.8 Å². The number of H-pyrrole nitrogens is 1. The molecular formula is C19H13ClN4O. The SMILES string of the molecule is CNc1cc(-c2c3c([nH]c(=O)c2C#N)-c2cc(Cl)ccc2C3)ccn1. The second-order valence-electron chi connectivity index (χ2n) is 5.83. The Hall–Kier alpha value is -3.10. The first-order chi connectivity index (χ1) is 12.1. The zero-order valence-electron chi connectivity index (χ0n) is 13.4. The van der Waals surface area contributed by atoms with Gasteiger partial charge in [-0.3, -0.25) is 4.79 Å². The summed E-state index contributed by atoms with van der Waals surface area (Å²) in [7, 11) is 1.78. The van der Waals surface area contributed by atoms with E-state index in [9.17, 15) is 10.1 Å². The van der Waals surface area contributed by atoms with E-state index >= 15 is 0 Å². The standard InChI is InChI=1S/C19H13ClN4O/c1-22-16-7-11(4-5-23-16)17-14-6-10-2-3-12(20)8-13(10)18(14)24-19(25)15(17)9-21/h2-5,7-8H,6H2,1H3,(H,22,23)(H,24,25). The first-order valence-electron chi connectivity index (χ1n) is 7.74. The molecule has 0 atom stereocenters. The minimum Gasteiger partial charge on any atom is -0.373 e. The number of rotatable bonds is 2. The molecule has 2 heterocycles. The molecule has 0 bridgehead atoms. The van der Waals surface area contributed by atoms with Crippen molar-refractivity contribution in [1.82, 2.24) is 9.97 Å². The van der Waals surface area contributed by atoms with E-state index in [-0.39, 0.29) is 5.56 Å². The molecule has 5 nitrogen and oxygen atoms in total. The maximum absolute atomic E-state index is 12.5. The Morgan fingerprint density at radius 3 is 2.92 bits per heavy atom. The molecule has 2 N–H and O–H groups in total. The molecule has 25 heavy (non-hydrogen) atoms. The summed E-state index contributed by atoms with van der Waals surface area (Å²) in [5.74, 6) is 0.675. The molecule has 1 aliphatic carbocycles. The largest absolute Gasteiger partial charge is 0.373 e. The summed E-state index contributed by atoms with van der Waals surface area (Å²) < 4.78 is 0. The number of aromatic amines is 1. The van der Waals surface area contributed by atoms with Crippen LogP contribution in [0.3, 0.4) is 0 Å². The fourth-order valence-electron chi connectivity index (χ4n) is 3.32. The lowest BCUT2D eigenvalue weighted by molar-refractivity contribution is 1.17. The average molecular weight is 349 g/mol. The topological polar surface area (TPSA) is 81.6 Å². The number of nitrogens with zero attached hydrogens (tertiary/aromatic N) is 2. The number of halogens is 1. The van der Waals surface area contributed by atoms with E-state index in [4.69, 9.17) is 11.6 Å². The molecule has 6 heteroatoms. The van der Waals surface area contributed by atoms with Crippen LogP contribution in [-0.4, -0.2) is 17.0 Å². The Morgan fingerprint density at radius 2 is 2.16 bits per heavy atom. The fourth-order valence-corrected chi connectivity index (χ4v) is 3.49. The number of hydrogen-bond donors (Lipinski definition) is 2. The van der Waals surface area contributed by atoms with Gasteiger partial charge in [0.25, 0.3) is 5.56 Å². The van der Waals surface area contributed by atoms with Gasteiger partial charge in [0.05, 0.1) is 5.69 Å². The van der Waals surface area contributed by atoms with Crippen LogP contribution in [0.4, 0.5) is 5.82 Å². The van der Waals surface area contributed by atoms with Crippen molar-refractivity contribution >= 4 is 17.4 Å². The maximum Gasteiger partial charge on any atom is 0.266 e. The Bertz CT molecular complexity index is 1110. The highest BCUT2D eigenvalue weighted by Gasteiger charge is 2.26. The third-order valence-electron chi connectivity index (χ3n) is 4.44. The Balaban J connectivity index is 2.05. The molecule has 0 amide bonds. The highest BCUT2D eigenvalue weighted by atomic mass is 35.5. The summed E-state index contributed by atoms with van der Waals surface area (Å²) in [4.78, 5) is 19.6. The minimum atomic E-state index is -0.396. The molecule has 0 aliphatic heterocycles. The number of benzene rings is 1. The molecule has 0 saturated carbocycles. The van der Waals surface area contributed by atoms with Crippen molar-refractivity contribution in [2.45, 2.75) is 6.42 Å². The van der Waals surface area contributed by atoms with Gasteiger partial charge in [-0.2, -0.15) is 5.26 Å². The van der Waals surface area contributed by atoms with Crippen LogP contribution < -0.4 is 10.9 Å². The van der Waals surface area contributed by atoms with E-state index in [0.717, 1.165) is 27.9 Å². The molecule has 0 spiro atoms. The summed E-state index contributed by atoms with van der Waals surface area (Å²) in [6.45, 7) is 0. The van der Waals surface area contributed by atoms with Crippen LogP contribution in [0.2, 0.25) is 5.02 Å². The number of nitrogens with one attached hydrogen (secondary N) is 2. The van der Waals surface area contributed by atoms with Gasteiger partial charge in [0.15, 0.2) is 0 Å². The smallest absolute Gasteiger partial charge is 0.266 e. The van der Waals surface area contributed by atoms with Crippen LogP contribution in [0.5, 0.6) is 0 Å². The van der Waals surface area contributed by atoms with Crippen molar-refractivity contribution in [1.29, 1.82) is 5.26 Å². The predicted octanol–water partition coefficient (Wildman–Crippen LogP) is 3.57. The Kier molecular flexibility index (Phi) is 3.56. The van der Waals surface area contributed by atoms with Gasteiger partial charge in [-0.1, -0.05) is 17.7 Å². The van der Waals surface area contributed by atoms with Crippen LogP contribution in [-0.2, 0) is 6.42 Å². The first kappa shape index (κ1) is 15.4. The van der Waals surface area contributed by atoms with Crippen LogP contribution >= 0.6 is 11.6 Å². The van der Waals surface area contributed by atoms with E-state index in [2.05, 4.69) is 21.4 Å². The van der Waals surface area contributed by atoms with Crippen molar-refractivity contribution in [3.05, 3.63) is 68.6 Å². The molecule has 0 unspecified atom stereocenters. The summed E-state index contributed by atoms with van der Waals surface area (Å²) in [5.41, 5.74) is 4.82. The number of aromatic nitrogens is 2. The second kappa shape index (κ2) is 5.76. The summed E-state index contributed by atoms with van der Waals surface area (Å²) in [6, 6.07) is 11.3. The number of nitriles is 1. The molecule has 122 valence electrons. The zero-order valence-corrected chi connectivity index (χ0v) is 14.1. The molecule has 0 fully saturated rings. The first-order valence-corrected chi connectivity index (χ1v) is 8.12. The monoisotopic (exact) mass is 348 g/mol. The molecular weight excluding hydrogens is 336 g/mol.